The molecule has 0 atom stereocenters. The van der Waals surface area contributed by atoms with Crippen LogP contribution in [0.1, 0.15) is 13.8 Å². The molecule has 0 saturated heterocycles. The zero-order valence-electron chi connectivity index (χ0n) is 5.65. The number of halogens is 1. The highest BCUT2D eigenvalue weighted by Crippen LogP contribution is 1.91. The van der Waals surface area contributed by atoms with Gasteiger partial charge in [-0.3, -0.25) is 0 Å². The Labute approximate surface area is 60.1 Å². The van der Waals surface area contributed by atoms with Gasteiger partial charge in [0.1, 0.15) is 0 Å². The quantitative estimate of drug-likeness (QED) is 0.590. The molecular formula is C5H11ClN2O. The Hall–Kier alpha value is -0.440. The average molecular weight is 151 g/mol. The molecule has 0 aromatic carbocycles. The van der Waals surface area contributed by atoms with Crippen molar-refractivity contribution in [1.82, 2.24) is 9.74 Å². The lowest BCUT2D eigenvalue weighted by Gasteiger charge is -2.10. The number of urea groups is 1. The summed E-state index contributed by atoms with van der Waals surface area (Å²) in [6, 6.07) is -0.235. The molecule has 9 heavy (non-hydrogen) atoms. The van der Waals surface area contributed by atoms with Crippen molar-refractivity contribution < 1.29 is 4.79 Å². The zero-order valence-corrected chi connectivity index (χ0v) is 6.40. The monoisotopic (exact) mass is 150 g/mol. The van der Waals surface area contributed by atoms with Crippen molar-refractivity contribution in [3.05, 3.63) is 0 Å². The minimum absolute atomic E-state index is 0.235. The van der Waals surface area contributed by atoms with Gasteiger partial charge in [0.05, 0.1) is 0 Å². The van der Waals surface area contributed by atoms with E-state index in [-0.39, 0.29) is 6.03 Å². The molecule has 0 spiro atoms. The Morgan fingerprint density at radius 2 is 2.22 bits per heavy atom. The molecule has 4 heteroatoms. The zero-order chi connectivity index (χ0) is 7.28. The second-order valence-electron chi connectivity index (χ2n) is 1.51. The van der Waals surface area contributed by atoms with Gasteiger partial charge >= 0.3 is 6.03 Å². The van der Waals surface area contributed by atoms with Crippen LogP contribution in [0, 0.1) is 0 Å². The van der Waals surface area contributed by atoms with Crippen LogP contribution in [0.25, 0.3) is 0 Å². The summed E-state index contributed by atoms with van der Waals surface area (Å²) in [5.74, 6) is 0. The molecule has 0 saturated carbocycles. The van der Waals surface area contributed by atoms with Gasteiger partial charge in [-0.05, 0) is 13.8 Å². The van der Waals surface area contributed by atoms with Crippen LogP contribution in [0.3, 0.4) is 0 Å². The van der Waals surface area contributed by atoms with Crippen molar-refractivity contribution in [2.75, 3.05) is 13.1 Å². The second kappa shape index (κ2) is 4.44. The molecule has 0 aromatic heterocycles. The molecule has 54 valence electrons. The van der Waals surface area contributed by atoms with E-state index in [0.717, 1.165) is 4.42 Å². The Bertz CT molecular complexity index is 97.0. The molecule has 2 amide bonds. The molecule has 0 rings (SSSR count). The van der Waals surface area contributed by atoms with Crippen molar-refractivity contribution in [1.29, 1.82) is 0 Å². The van der Waals surface area contributed by atoms with E-state index < -0.39 is 0 Å². The summed E-state index contributed by atoms with van der Waals surface area (Å²) in [5.41, 5.74) is 0. The summed E-state index contributed by atoms with van der Waals surface area (Å²) in [4.78, 5) is 10.7. The van der Waals surface area contributed by atoms with E-state index in [9.17, 15) is 4.79 Å². The first kappa shape index (κ1) is 8.56. The second-order valence-corrected chi connectivity index (χ2v) is 1.92. The Kier molecular flexibility index (Phi) is 4.22. The predicted molar refractivity (Wildman–Crippen MR) is 37.3 cm³/mol. The van der Waals surface area contributed by atoms with E-state index in [4.69, 9.17) is 11.8 Å². The van der Waals surface area contributed by atoms with Crippen LogP contribution >= 0.6 is 11.8 Å². The van der Waals surface area contributed by atoms with Gasteiger partial charge in [-0.2, -0.15) is 0 Å². The van der Waals surface area contributed by atoms with E-state index >= 15 is 0 Å². The van der Waals surface area contributed by atoms with Gasteiger partial charge in [0.25, 0.3) is 0 Å². The molecule has 0 aliphatic carbocycles. The van der Waals surface area contributed by atoms with Gasteiger partial charge in [-0.1, -0.05) is 0 Å². The topological polar surface area (TPSA) is 32.3 Å². The first-order valence-electron chi connectivity index (χ1n) is 2.93. The molecule has 1 N–H and O–H groups in total. The number of rotatable bonds is 2. The maximum atomic E-state index is 10.7. The van der Waals surface area contributed by atoms with Crippen LogP contribution in [-0.2, 0) is 0 Å². The van der Waals surface area contributed by atoms with E-state index in [1.807, 2.05) is 13.8 Å². The van der Waals surface area contributed by atoms with Crippen molar-refractivity contribution in [2.24, 2.45) is 0 Å². The van der Waals surface area contributed by atoms with Crippen LogP contribution in [0.5, 0.6) is 0 Å². The van der Waals surface area contributed by atoms with Crippen LogP contribution < -0.4 is 5.32 Å². The maximum absolute atomic E-state index is 10.7. The fraction of sp³-hybridized carbons (Fsp3) is 0.800. The smallest absolute Gasteiger partial charge is 0.331 e. The van der Waals surface area contributed by atoms with Gasteiger partial charge in [0.2, 0.25) is 0 Å². The van der Waals surface area contributed by atoms with Gasteiger partial charge in [0, 0.05) is 24.9 Å². The predicted octanol–water partition coefficient (Wildman–Crippen LogP) is 1.19. The van der Waals surface area contributed by atoms with Crippen LogP contribution in [0.2, 0.25) is 0 Å². The summed E-state index contributed by atoms with van der Waals surface area (Å²) in [6.07, 6.45) is 0. The van der Waals surface area contributed by atoms with Crippen molar-refractivity contribution in [2.45, 2.75) is 13.8 Å². The van der Waals surface area contributed by atoms with Crippen molar-refractivity contribution >= 4 is 17.8 Å². The lowest BCUT2D eigenvalue weighted by Crippen LogP contribution is -2.33. The number of amides is 2. The highest BCUT2D eigenvalue weighted by atomic mass is 35.5. The SMILES string of the molecule is CCNC(=O)N(Cl)CC. The van der Waals surface area contributed by atoms with E-state index in [1.165, 1.54) is 0 Å². The molecule has 0 radical (unpaired) electrons. The molecule has 0 unspecified atom stereocenters. The fourth-order valence-corrected chi connectivity index (χ4v) is 0.440. The molecule has 0 bridgehead atoms. The molecular weight excluding hydrogens is 140 g/mol. The minimum atomic E-state index is -0.235. The average Bonchev–Trinajstić information content (AvgIpc) is 1.87. The fourth-order valence-electron chi connectivity index (χ4n) is 0.381. The summed E-state index contributed by atoms with van der Waals surface area (Å²) in [6.45, 7) is 4.79. The normalized spacial score (nSPS) is 8.78. The van der Waals surface area contributed by atoms with E-state index in [1.54, 1.807) is 0 Å². The van der Waals surface area contributed by atoms with Gasteiger partial charge in [-0.25, -0.2) is 9.21 Å². The molecule has 0 fully saturated rings. The van der Waals surface area contributed by atoms with Crippen LogP contribution in [-0.4, -0.2) is 23.5 Å². The number of nitrogens with zero attached hydrogens (tertiary/aromatic N) is 1. The summed E-state index contributed by atoms with van der Waals surface area (Å²) in [7, 11) is 0. The van der Waals surface area contributed by atoms with E-state index in [0.29, 0.717) is 13.1 Å². The van der Waals surface area contributed by atoms with Crippen LogP contribution in [0.4, 0.5) is 4.79 Å². The molecule has 0 aliphatic rings. The summed E-state index contributed by atoms with van der Waals surface area (Å²) in [5, 5.41) is 2.55. The Morgan fingerprint density at radius 1 is 1.67 bits per heavy atom. The minimum Gasteiger partial charge on any atom is -0.337 e. The van der Waals surface area contributed by atoms with Gasteiger partial charge in [0.15, 0.2) is 0 Å². The first-order chi connectivity index (χ1) is 4.22. The largest absolute Gasteiger partial charge is 0.337 e. The third-order valence-electron chi connectivity index (χ3n) is 0.826. The molecule has 3 nitrogen and oxygen atoms in total. The maximum Gasteiger partial charge on any atom is 0.331 e. The Balaban J connectivity index is 3.46. The third-order valence-corrected chi connectivity index (χ3v) is 1.22. The van der Waals surface area contributed by atoms with Crippen molar-refractivity contribution in [3.63, 3.8) is 0 Å². The number of nitrogens with one attached hydrogen (secondary N) is 1. The molecule has 0 heterocycles. The Morgan fingerprint density at radius 3 is 2.56 bits per heavy atom. The number of hydrogen-bond acceptors (Lipinski definition) is 1. The first-order valence-corrected chi connectivity index (χ1v) is 3.27. The highest BCUT2D eigenvalue weighted by molar-refractivity contribution is 6.20. The van der Waals surface area contributed by atoms with Gasteiger partial charge in [-0.15, -0.1) is 0 Å². The highest BCUT2D eigenvalue weighted by Gasteiger charge is 2.04. The lowest BCUT2D eigenvalue weighted by molar-refractivity contribution is 0.226. The molecule has 0 aromatic rings. The number of hydrogen-bond donors (Lipinski definition) is 1. The lowest BCUT2D eigenvalue weighted by atomic mass is 10.7. The van der Waals surface area contributed by atoms with E-state index in [2.05, 4.69) is 5.32 Å². The summed E-state index contributed by atoms with van der Waals surface area (Å²) < 4.78 is 1.10. The van der Waals surface area contributed by atoms with Gasteiger partial charge < -0.3 is 5.32 Å². The summed E-state index contributed by atoms with van der Waals surface area (Å²) >= 11 is 5.42. The third kappa shape index (κ3) is 3.19. The van der Waals surface area contributed by atoms with Crippen molar-refractivity contribution in [3.8, 4) is 0 Å². The number of carbonyl (C=O) groups excluding carboxylic acids is 1. The number of carbonyl (C=O) groups is 1. The molecule has 0 aliphatic heterocycles. The standard InChI is InChI=1S/C5H11ClN2O/c1-3-7-5(9)8(6)4-2/h3-4H2,1-2H3,(H,7,9). The van der Waals surface area contributed by atoms with Crippen LogP contribution in [0.15, 0.2) is 0 Å².